The predicted molar refractivity (Wildman–Crippen MR) is 55.7 cm³/mol. The van der Waals surface area contributed by atoms with Crippen molar-refractivity contribution >= 4 is 33.7 Å². The average molecular weight is 264 g/mol. The second-order valence-electron chi connectivity index (χ2n) is 1.43. The van der Waals surface area contributed by atoms with E-state index in [0.29, 0.717) is 0 Å². The first-order valence-electron chi connectivity index (χ1n) is 2.85. The Balaban J connectivity index is 4.37. The molecule has 0 aliphatic heterocycles. The molecule has 0 bridgehead atoms. The molecule has 76 valence electrons. The van der Waals surface area contributed by atoms with E-state index in [4.69, 9.17) is 5.50 Å². The SMILES string of the molecule is COP/N=P\N=P(F)(/N=P\N)OC. The normalized spacial score (nSPS) is 17.5. The van der Waals surface area contributed by atoms with Crippen molar-refractivity contribution in [1.29, 1.82) is 0 Å². The van der Waals surface area contributed by atoms with E-state index in [1.54, 1.807) is 0 Å². The van der Waals surface area contributed by atoms with Gasteiger partial charge in [-0.05, 0) is 0 Å². The van der Waals surface area contributed by atoms with Crippen LogP contribution < -0.4 is 5.50 Å². The zero-order chi connectivity index (χ0) is 10.2. The van der Waals surface area contributed by atoms with Gasteiger partial charge in [0.05, 0.1) is 8.52 Å². The van der Waals surface area contributed by atoms with Crippen molar-refractivity contribution in [3.05, 3.63) is 0 Å². The maximum Gasteiger partial charge on any atom is 0.389 e. The zero-order valence-electron chi connectivity index (χ0n) is 6.96. The van der Waals surface area contributed by atoms with Gasteiger partial charge in [0.1, 0.15) is 8.96 Å². The third-order valence-corrected chi connectivity index (χ3v) is 4.55. The Hall–Kier alpha value is 0.670. The molecule has 0 fully saturated rings. The molecule has 2 N–H and O–H groups in total. The lowest BCUT2D eigenvalue weighted by Gasteiger charge is -2.01. The first-order chi connectivity index (χ1) is 6.18. The summed E-state index contributed by atoms with van der Waals surface area (Å²) >= 11 is 0. The van der Waals surface area contributed by atoms with Crippen LogP contribution in [0.5, 0.6) is 0 Å². The molecule has 0 aromatic rings. The summed E-state index contributed by atoms with van der Waals surface area (Å²) in [5.74, 6) is 0. The maximum atomic E-state index is 13.3. The molecule has 0 amide bonds. The Kier molecular flexibility index (Phi) is 8.43. The van der Waals surface area contributed by atoms with Crippen LogP contribution in [0.2, 0.25) is 0 Å². The molecular formula is C2H9FN4O2P4. The standard InChI is InChI=1S/C2H9FN4O2P4/c1-8-12-5-11-7-13(3,9-2)6-10-4/h12H,1-2H3,(H2,4,6). The van der Waals surface area contributed by atoms with E-state index >= 15 is 0 Å². The quantitative estimate of drug-likeness (QED) is 0.767. The molecule has 0 aromatic heterocycles. The monoisotopic (exact) mass is 264 g/mol. The molecule has 0 rings (SSSR count). The van der Waals surface area contributed by atoms with Gasteiger partial charge in [0.2, 0.25) is 0 Å². The number of nitrogens with two attached hydrogens (primary N) is 1. The summed E-state index contributed by atoms with van der Waals surface area (Å²) in [4.78, 5) is 0. The number of halogens is 1. The molecule has 0 spiro atoms. The predicted octanol–water partition coefficient (Wildman–Crippen LogP) is 3.75. The van der Waals surface area contributed by atoms with Crippen molar-refractivity contribution in [3.8, 4) is 0 Å². The van der Waals surface area contributed by atoms with Crippen LogP contribution in [0.4, 0.5) is 4.20 Å². The van der Waals surface area contributed by atoms with E-state index in [-0.39, 0.29) is 26.0 Å². The van der Waals surface area contributed by atoms with Gasteiger partial charge in [0.25, 0.3) is 0 Å². The summed E-state index contributed by atoms with van der Waals surface area (Å²) in [5, 5.41) is 0. The number of hydrogen-bond acceptors (Lipinski definition) is 3. The first kappa shape index (κ1) is 13.7. The van der Waals surface area contributed by atoms with Crippen LogP contribution in [-0.2, 0) is 9.05 Å². The summed E-state index contributed by atoms with van der Waals surface area (Å²) < 4.78 is 33.0. The Morgan fingerprint density at radius 1 is 1.54 bits per heavy atom. The lowest BCUT2D eigenvalue weighted by molar-refractivity contribution is 0.422. The molecule has 0 radical (unpaired) electrons. The third-order valence-electron chi connectivity index (χ3n) is 0.721. The average Bonchev–Trinajstić information content (AvgIpc) is 2.13. The van der Waals surface area contributed by atoms with E-state index in [1.165, 1.54) is 14.2 Å². The smallest absolute Gasteiger partial charge is 0.343 e. The Labute approximate surface area is 80.9 Å². The van der Waals surface area contributed by atoms with Gasteiger partial charge in [-0.15, -0.1) is 4.52 Å². The van der Waals surface area contributed by atoms with E-state index in [9.17, 15) is 4.20 Å². The molecule has 0 saturated carbocycles. The summed E-state index contributed by atoms with van der Waals surface area (Å²) in [6.07, 6.45) is 0. The summed E-state index contributed by atoms with van der Waals surface area (Å²) in [7, 11) is -0.623. The van der Waals surface area contributed by atoms with Gasteiger partial charge < -0.3 is 9.05 Å². The van der Waals surface area contributed by atoms with Crippen molar-refractivity contribution in [3.63, 3.8) is 0 Å². The van der Waals surface area contributed by atoms with Crippen LogP contribution in [0.15, 0.2) is 13.5 Å². The van der Waals surface area contributed by atoms with Crippen molar-refractivity contribution in [2.24, 2.45) is 19.1 Å². The highest BCUT2D eigenvalue weighted by molar-refractivity contribution is 7.62. The van der Waals surface area contributed by atoms with Gasteiger partial charge in [-0.1, -0.05) is 0 Å². The lowest BCUT2D eigenvalue weighted by atomic mass is 11.8. The molecule has 2 unspecified atom stereocenters. The number of nitrogens with zero attached hydrogens (tertiary/aromatic N) is 3. The van der Waals surface area contributed by atoms with Gasteiger partial charge in [0.15, 0.2) is 8.52 Å². The summed E-state index contributed by atoms with van der Waals surface area (Å²) in [5.41, 5.74) is 5.02. The van der Waals surface area contributed by atoms with E-state index in [0.717, 1.165) is 0 Å². The Bertz CT molecular complexity index is 244. The van der Waals surface area contributed by atoms with E-state index in [1.807, 2.05) is 0 Å². The third kappa shape index (κ3) is 6.70. The number of hydrogen-bond donors (Lipinski definition) is 1. The molecule has 0 saturated heterocycles. The van der Waals surface area contributed by atoms with Crippen LogP contribution in [-0.4, -0.2) is 14.2 Å². The van der Waals surface area contributed by atoms with Crippen LogP contribution >= 0.6 is 33.7 Å². The second-order valence-corrected chi connectivity index (χ2v) is 5.98. The largest absolute Gasteiger partial charge is 0.389 e. The molecule has 0 aromatic carbocycles. The minimum absolute atomic E-state index is 0.0565. The fourth-order valence-corrected chi connectivity index (χ4v) is 3.23. The summed E-state index contributed by atoms with van der Waals surface area (Å²) in [6.45, 7) is 0. The van der Waals surface area contributed by atoms with Gasteiger partial charge in [0, 0.05) is 14.2 Å². The molecule has 13 heavy (non-hydrogen) atoms. The van der Waals surface area contributed by atoms with Crippen LogP contribution in [0.1, 0.15) is 0 Å². The van der Waals surface area contributed by atoms with E-state index in [2.05, 4.69) is 22.6 Å². The molecule has 0 aliphatic carbocycles. The van der Waals surface area contributed by atoms with Gasteiger partial charge in [-0.3, -0.25) is 5.50 Å². The zero-order valence-corrected chi connectivity index (χ0v) is 10.6. The fourth-order valence-electron chi connectivity index (χ4n) is 0.283. The minimum Gasteiger partial charge on any atom is -0.343 e. The number of rotatable bonds is 5. The molecule has 0 aliphatic rings. The van der Waals surface area contributed by atoms with E-state index < -0.39 is 7.74 Å². The molecule has 11 heteroatoms. The van der Waals surface area contributed by atoms with Gasteiger partial charge >= 0.3 is 7.74 Å². The van der Waals surface area contributed by atoms with Gasteiger partial charge in [-0.2, -0.15) is 13.2 Å². The van der Waals surface area contributed by atoms with Crippen LogP contribution in [0.3, 0.4) is 0 Å². The highest BCUT2D eigenvalue weighted by Gasteiger charge is 2.14. The first-order valence-corrected chi connectivity index (χ1v) is 6.93. The molecule has 0 heterocycles. The highest BCUT2D eigenvalue weighted by Crippen LogP contribution is 2.57. The van der Waals surface area contributed by atoms with Crippen LogP contribution in [0, 0.1) is 0 Å². The highest BCUT2D eigenvalue weighted by atomic mass is 31.2. The fraction of sp³-hybridized carbons (Fsp3) is 1.00. The van der Waals surface area contributed by atoms with Gasteiger partial charge in [-0.25, -0.2) is 0 Å². The lowest BCUT2D eigenvalue weighted by Crippen LogP contribution is -1.70. The Morgan fingerprint density at radius 2 is 2.23 bits per heavy atom. The molecule has 6 nitrogen and oxygen atoms in total. The van der Waals surface area contributed by atoms with Crippen molar-refractivity contribution in [2.75, 3.05) is 14.2 Å². The topological polar surface area (TPSA) is 81.6 Å². The summed E-state index contributed by atoms with van der Waals surface area (Å²) in [6, 6.07) is 0. The van der Waals surface area contributed by atoms with Crippen LogP contribution in [0.25, 0.3) is 0 Å². The second kappa shape index (κ2) is 8.02. The maximum absolute atomic E-state index is 13.3. The van der Waals surface area contributed by atoms with Crippen molar-refractivity contribution in [2.45, 2.75) is 0 Å². The Morgan fingerprint density at radius 3 is 2.69 bits per heavy atom. The van der Waals surface area contributed by atoms with Crippen molar-refractivity contribution in [1.82, 2.24) is 0 Å². The minimum atomic E-state index is -3.53. The molecular weight excluding hydrogens is 255 g/mol. The van der Waals surface area contributed by atoms with Crippen molar-refractivity contribution < 1.29 is 13.2 Å². The molecule has 2 atom stereocenters.